The molecule has 2 aliphatic rings. The molecule has 0 atom stereocenters. The maximum Gasteiger partial charge on any atom is 0.143 e. The molecule has 0 aliphatic heterocycles. The van der Waals surface area contributed by atoms with Crippen LogP contribution in [0.1, 0.15) is 22.3 Å². The molecule has 0 N–H and O–H groups in total. The van der Waals surface area contributed by atoms with E-state index in [1.807, 2.05) is 0 Å². The second-order valence-electron chi connectivity index (χ2n) is 17.5. The molecule has 0 radical (unpaired) electrons. The van der Waals surface area contributed by atoms with E-state index >= 15 is 0 Å². The lowest BCUT2D eigenvalue weighted by Crippen LogP contribution is -2.26. The van der Waals surface area contributed by atoms with Crippen molar-refractivity contribution in [2.75, 3.05) is 4.90 Å². The molecule has 12 aromatic rings. The minimum absolute atomic E-state index is 0.442. The predicted octanol–water partition coefficient (Wildman–Crippen LogP) is 17.0. The van der Waals surface area contributed by atoms with Gasteiger partial charge in [-0.15, -0.1) is 0 Å². The Labute approximate surface area is 376 Å². The van der Waals surface area contributed by atoms with E-state index in [1.54, 1.807) is 0 Å². The molecule has 0 unspecified atom stereocenters. The van der Waals surface area contributed by atoms with Crippen molar-refractivity contribution >= 4 is 60.5 Å². The van der Waals surface area contributed by atoms with Gasteiger partial charge in [-0.1, -0.05) is 194 Å². The maximum absolute atomic E-state index is 6.56. The first-order valence-electron chi connectivity index (χ1n) is 22.5. The van der Waals surface area contributed by atoms with E-state index in [0.717, 1.165) is 61.3 Å². The van der Waals surface area contributed by atoms with Gasteiger partial charge >= 0.3 is 0 Å². The Bertz CT molecular complexity index is 3850. The Balaban J connectivity index is 0.970. The second-order valence-corrected chi connectivity index (χ2v) is 17.5. The molecular formula is C63H39NO. The maximum atomic E-state index is 6.56. The highest BCUT2D eigenvalue weighted by Crippen LogP contribution is 2.64. The van der Waals surface area contributed by atoms with Gasteiger partial charge in [-0.2, -0.15) is 0 Å². The fourth-order valence-corrected chi connectivity index (χ4v) is 11.5. The fraction of sp³-hybridized carbons (Fsp3) is 0.0159. The number of hydrogen-bond donors (Lipinski definition) is 0. The van der Waals surface area contributed by atoms with Crippen LogP contribution in [0.15, 0.2) is 241 Å². The molecule has 0 bridgehead atoms. The molecule has 14 rings (SSSR count). The Morgan fingerprint density at radius 2 is 0.892 bits per heavy atom. The highest BCUT2D eigenvalue weighted by molar-refractivity contribution is 6.12. The van der Waals surface area contributed by atoms with E-state index in [1.165, 1.54) is 66.1 Å². The van der Waals surface area contributed by atoms with E-state index in [0.29, 0.717) is 0 Å². The SMILES string of the molecule is c1ccc(-c2cccc3c2oc2ccc(-c4ccc(N(c5ccc6ccc7ccccc7c6c5)c5cccc6c5-c5ccccc5C65c6ccccc6-c6ccccc65)cc4)cc23)cc1. The average Bonchev–Trinajstić information content (AvgIpc) is 4.01. The summed E-state index contributed by atoms with van der Waals surface area (Å²) >= 11 is 0. The van der Waals surface area contributed by atoms with Gasteiger partial charge in [0.25, 0.3) is 0 Å². The molecule has 0 fully saturated rings. The van der Waals surface area contributed by atoms with E-state index < -0.39 is 5.41 Å². The molecule has 2 heteroatoms. The smallest absolute Gasteiger partial charge is 0.143 e. The number of hydrogen-bond acceptors (Lipinski definition) is 2. The van der Waals surface area contributed by atoms with Crippen LogP contribution in [0, 0.1) is 0 Å². The second kappa shape index (κ2) is 13.8. The van der Waals surface area contributed by atoms with Gasteiger partial charge in [0.1, 0.15) is 11.2 Å². The summed E-state index contributed by atoms with van der Waals surface area (Å²) in [7, 11) is 0. The topological polar surface area (TPSA) is 16.4 Å². The summed E-state index contributed by atoms with van der Waals surface area (Å²) in [6.45, 7) is 0. The minimum Gasteiger partial charge on any atom is -0.455 e. The number of benzene rings is 11. The Kier molecular flexibility index (Phi) is 7.64. The van der Waals surface area contributed by atoms with E-state index in [9.17, 15) is 0 Å². The van der Waals surface area contributed by atoms with Crippen LogP contribution in [0.5, 0.6) is 0 Å². The molecule has 11 aromatic carbocycles. The molecule has 2 aliphatic carbocycles. The Morgan fingerprint density at radius 3 is 1.68 bits per heavy atom. The molecule has 0 saturated carbocycles. The van der Waals surface area contributed by atoms with E-state index in [2.05, 4.69) is 241 Å². The number of rotatable bonds is 5. The van der Waals surface area contributed by atoms with Crippen molar-refractivity contribution in [1.29, 1.82) is 0 Å². The molecule has 1 aromatic heterocycles. The van der Waals surface area contributed by atoms with E-state index in [4.69, 9.17) is 4.42 Å². The number of furan rings is 1. The minimum atomic E-state index is -0.442. The lowest BCUT2D eigenvalue weighted by Gasteiger charge is -2.32. The van der Waals surface area contributed by atoms with Gasteiger partial charge in [-0.3, -0.25) is 0 Å². The largest absolute Gasteiger partial charge is 0.455 e. The van der Waals surface area contributed by atoms with Crippen molar-refractivity contribution in [3.63, 3.8) is 0 Å². The Morgan fingerprint density at radius 1 is 0.323 bits per heavy atom. The molecule has 2 nitrogen and oxygen atoms in total. The molecule has 0 saturated heterocycles. The molecule has 1 spiro atoms. The van der Waals surface area contributed by atoms with Gasteiger partial charge in [0.2, 0.25) is 0 Å². The Hall–Kier alpha value is -8.46. The van der Waals surface area contributed by atoms with Crippen molar-refractivity contribution in [2.45, 2.75) is 5.41 Å². The van der Waals surface area contributed by atoms with Crippen LogP contribution in [0.4, 0.5) is 17.1 Å². The first-order chi connectivity index (χ1) is 32.2. The van der Waals surface area contributed by atoms with Crippen LogP contribution in [0.2, 0.25) is 0 Å². The number of nitrogens with zero attached hydrogens (tertiary/aromatic N) is 1. The summed E-state index contributed by atoms with van der Waals surface area (Å²) in [6, 6.07) is 87.1. The van der Waals surface area contributed by atoms with Crippen LogP contribution in [-0.4, -0.2) is 0 Å². The number of anilines is 3. The normalized spacial score (nSPS) is 13.0. The van der Waals surface area contributed by atoms with Crippen LogP contribution in [0.3, 0.4) is 0 Å². The van der Waals surface area contributed by atoms with Crippen molar-refractivity contribution in [3.05, 3.63) is 259 Å². The number of fused-ring (bicyclic) bond motifs is 16. The van der Waals surface area contributed by atoms with Gasteiger partial charge in [-0.25, -0.2) is 0 Å². The van der Waals surface area contributed by atoms with Crippen molar-refractivity contribution < 1.29 is 4.42 Å². The predicted molar refractivity (Wildman–Crippen MR) is 271 cm³/mol. The third kappa shape index (κ3) is 5.11. The third-order valence-corrected chi connectivity index (χ3v) is 14.3. The van der Waals surface area contributed by atoms with Gasteiger partial charge < -0.3 is 9.32 Å². The quantitative estimate of drug-likeness (QED) is 0.161. The zero-order valence-electron chi connectivity index (χ0n) is 35.4. The third-order valence-electron chi connectivity index (χ3n) is 14.3. The standard InChI is InChI=1S/C63H39NO/c1-2-14-41(15-3-1)48-21-12-22-51-54-38-44(33-37-60(54)65-62(48)51)40-30-34-45(35-31-40)64(46-36-32-43-29-28-42-16-4-5-17-47(42)53(43)39-46)59-27-13-26-58-61(59)52-20-8-11-25-57(52)63(58)55-23-9-6-18-49(55)50-19-7-10-24-56(50)63/h1-39H. The summed E-state index contributed by atoms with van der Waals surface area (Å²) in [5, 5.41) is 7.19. The molecule has 65 heavy (non-hydrogen) atoms. The molecule has 302 valence electrons. The first kappa shape index (κ1) is 36.1. The fourth-order valence-electron chi connectivity index (χ4n) is 11.5. The summed E-state index contributed by atoms with van der Waals surface area (Å²) in [4.78, 5) is 2.49. The van der Waals surface area contributed by atoms with Crippen LogP contribution < -0.4 is 4.90 Å². The van der Waals surface area contributed by atoms with Crippen LogP contribution in [-0.2, 0) is 5.41 Å². The monoisotopic (exact) mass is 825 g/mol. The summed E-state index contributed by atoms with van der Waals surface area (Å²) in [6.07, 6.45) is 0. The van der Waals surface area contributed by atoms with Crippen molar-refractivity contribution in [1.82, 2.24) is 0 Å². The molecule has 1 heterocycles. The molecular weight excluding hydrogens is 787 g/mol. The average molecular weight is 826 g/mol. The van der Waals surface area contributed by atoms with Crippen molar-refractivity contribution in [3.8, 4) is 44.5 Å². The highest BCUT2D eigenvalue weighted by Gasteiger charge is 2.52. The lowest BCUT2D eigenvalue weighted by atomic mass is 9.70. The summed E-state index contributed by atoms with van der Waals surface area (Å²) in [5.74, 6) is 0. The van der Waals surface area contributed by atoms with Crippen LogP contribution >= 0.6 is 0 Å². The zero-order valence-corrected chi connectivity index (χ0v) is 35.4. The van der Waals surface area contributed by atoms with Crippen molar-refractivity contribution in [2.24, 2.45) is 0 Å². The zero-order chi connectivity index (χ0) is 42.6. The summed E-state index contributed by atoms with van der Waals surface area (Å²) in [5.41, 5.74) is 19.8. The van der Waals surface area contributed by atoms with Gasteiger partial charge in [0.05, 0.1) is 11.1 Å². The van der Waals surface area contributed by atoms with Gasteiger partial charge in [0, 0.05) is 33.3 Å². The van der Waals surface area contributed by atoms with Gasteiger partial charge in [-0.05, 0) is 120 Å². The van der Waals surface area contributed by atoms with Crippen LogP contribution in [0.25, 0.3) is 88.0 Å². The molecule has 0 amide bonds. The summed E-state index contributed by atoms with van der Waals surface area (Å²) < 4.78 is 6.56. The van der Waals surface area contributed by atoms with Gasteiger partial charge in [0.15, 0.2) is 0 Å². The van der Waals surface area contributed by atoms with E-state index in [-0.39, 0.29) is 0 Å². The first-order valence-corrected chi connectivity index (χ1v) is 22.5. The lowest BCUT2D eigenvalue weighted by molar-refractivity contribution is 0.670. The highest BCUT2D eigenvalue weighted by atomic mass is 16.3. The number of para-hydroxylation sites is 1.